The van der Waals surface area contributed by atoms with Gasteiger partial charge in [-0.25, -0.2) is 0 Å². The maximum Gasteiger partial charge on any atom is 0.186 e. The zero-order chi connectivity index (χ0) is 19.2. The highest BCUT2D eigenvalue weighted by Crippen LogP contribution is 2.34. The van der Waals surface area contributed by atoms with E-state index >= 15 is 0 Å². The van der Waals surface area contributed by atoms with Crippen molar-refractivity contribution in [1.82, 2.24) is 0 Å². The molecule has 0 aromatic heterocycles. The summed E-state index contributed by atoms with van der Waals surface area (Å²) in [5, 5.41) is 20.4. The van der Waals surface area contributed by atoms with E-state index in [1.807, 2.05) is 24.3 Å². The van der Waals surface area contributed by atoms with Gasteiger partial charge in [0.05, 0.1) is 13.2 Å². The minimum Gasteiger partial charge on any atom is -0.494 e. The minimum absolute atomic E-state index is 0.245. The van der Waals surface area contributed by atoms with Crippen LogP contribution < -0.4 is 4.74 Å². The first-order valence-corrected chi connectivity index (χ1v) is 9.68. The number of ether oxygens (including phenoxy) is 5. The molecule has 152 valence electrons. The van der Waals surface area contributed by atoms with Crippen LogP contribution in [0.15, 0.2) is 24.3 Å². The predicted octanol–water partition coefficient (Wildman–Crippen LogP) is 2.15. The lowest BCUT2D eigenvalue weighted by Crippen LogP contribution is -2.62. The van der Waals surface area contributed by atoms with Crippen LogP contribution in [0.5, 0.6) is 5.75 Å². The number of hydrogen-bond acceptors (Lipinski definition) is 7. The van der Waals surface area contributed by atoms with Gasteiger partial charge in [-0.3, -0.25) is 0 Å². The van der Waals surface area contributed by atoms with E-state index in [-0.39, 0.29) is 6.61 Å². The summed E-state index contributed by atoms with van der Waals surface area (Å²) >= 11 is 0. The number of fused-ring (bicyclic) bond motifs is 1. The number of aliphatic hydroxyl groups is 2. The summed E-state index contributed by atoms with van der Waals surface area (Å²) in [6, 6.07) is 7.54. The molecule has 0 aliphatic carbocycles. The molecule has 1 unspecified atom stereocenters. The zero-order valence-corrected chi connectivity index (χ0v) is 16.0. The molecule has 2 N–H and O–H groups in total. The maximum absolute atomic E-state index is 10.3. The molecule has 0 saturated carbocycles. The summed E-state index contributed by atoms with van der Waals surface area (Å²) in [4.78, 5) is 0. The second-order valence-electron chi connectivity index (χ2n) is 7.00. The molecule has 1 aromatic carbocycles. The Bertz CT molecular complexity index is 562. The van der Waals surface area contributed by atoms with Gasteiger partial charge in [0.1, 0.15) is 30.2 Å². The first kappa shape index (κ1) is 20.5. The second kappa shape index (κ2) is 9.82. The lowest BCUT2D eigenvalue weighted by atomic mass is 9.98. The van der Waals surface area contributed by atoms with Gasteiger partial charge in [0.2, 0.25) is 0 Å². The minimum atomic E-state index is -1.17. The maximum atomic E-state index is 10.3. The third kappa shape index (κ3) is 4.99. The molecule has 7 heteroatoms. The Morgan fingerprint density at radius 2 is 1.81 bits per heavy atom. The van der Waals surface area contributed by atoms with Crippen LogP contribution >= 0.6 is 0 Å². The molecule has 2 fully saturated rings. The third-order valence-electron chi connectivity index (χ3n) is 4.98. The number of unbranched alkanes of at least 4 members (excludes halogenated alkanes) is 3. The SMILES string of the molecule is CCCCCCOc1ccc(C2OC[C@H]3O[C@H](OC)[C@@H](O)[C@@H](O)[C@@H]3O2)cc1. The normalized spacial score (nSPS) is 33.5. The highest BCUT2D eigenvalue weighted by molar-refractivity contribution is 5.28. The number of benzene rings is 1. The van der Waals surface area contributed by atoms with Gasteiger partial charge in [0.15, 0.2) is 12.6 Å². The van der Waals surface area contributed by atoms with Crippen molar-refractivity contribution in [3.8, 4) is 5.75 Å². The van der Waals surface area contributed by atoms with E-state index < -0.39 is 37.0 Å². The molecule has 0 amide bonds. The third-order valence-corrected chi connectivity index (χ3v) is 4.98. The Kier molecular flexibility index (Phi) is 7.46. The average Bonchev–Trinajstić information content (AvgIpc) is 2.71. The molecule has 2 aliphatic rings. The molecule has 6 atom stereocenters. The Labute approximate surface area is 160 Å². The van der Waals surface area contributed by atoms with E-state index in [2.05, 4.69) is 6.92 Å². The van der Waals surface area contributed by atoms with E-state index in [0.717, 1.165) is 17.7 Å². The predicted molar refractivity (Wildman–Crippen MR) is 97.3 cm³/mol. The Morgan fingerprint density at radius 3 is 2.52 bits per heavy atom. The van der Waals surface area contributed by atoms with Crippen LogP contribution in [0.2, 0.25) is 0 Å². The topological polar surface area (TPSA) is 86.6 Å². The van der Waals surface area contributed by atoms with E-state index in [0.29, 0.717) is 6.61 Å². The molecule has 0 radical (unpaired) electrons. The smallest absolute Gasteiger partial charge is 0.186 e. The average molecular weight is 382 g/mol. The Hall–Kier alpha value is -1.22. The van der Waals surface area contributed by atoms with Crippen molar-refractivity contribution in [2.45, 2.75) is 69.6 Å². The van der Waals surface area contributed by atoms with Crippen molar-refractivity contribution in [3.05, 3.63) is 29.8 Å². The summed E-state index contributed by atoms with van der Waals surface area (Å²) in [7, 11) is 1.42. The van der Waals surface area contributed by atoms with Crippen molar-refractivity contribution in [1.29, 1.82) is 0 Å². The van der Waals surface area contributed by atoms with Crippen molar-refractivity contribution in [2.75, 3.05) is 20.3 Å². The van der Waals surface area contributed by atoms with E-state index in [9.17, 15) is 10.2 Å². The molecular weight excluding hydrogens is 352 g/mol. The van der Waals surface area contributed by atoms with Gasteiger partial charge in [-0.15, -0.1) is 0 Å². The van der Waals surface area contributed by atoms with Gasteiger partial charge in [0.25, 0.3) is 0 Å². The quantitative estimate of drug-likeness (QED) is 0.666. The van der Waals surface area contributed by atoms with E-state index in [1.165, 1.54) is 26.4 Å². The monoisotopic (exact) mass is 382 g/mol. The molecule has 1 aromatic rings. The molecule has 7 nitrogen and oxygen atoms in total. The summed E-state index contributed by atoms with van der Waals surface area (Å²) < 4.78 is 28.0. The first-order valence-electron chi connectivity index (χ1n) is 9.68. The molecular formula is C20H30O7. The highest BCUT2D eigenvalue weighted by Gasteiger charge is 2.48. The Morgan fingerprint density at radius 1 is 1.04 bits per heavy atom. The fourth-order valence-corrected chi connectivity index (χ4v) is 3.38. The lowest BCUT2D eigenvalue weighted by Gasteiger charge is -2.45. The molecule has 2 heterocycles. The molecule has 0 spiro atoms. The van der Waals surface area contributed by atoms with Crippen LogP contribution in [-0.4, -0.2) is 61.2 Å². The molecule has 0 bridgehead atoms. The zero-order valence-electron chi connectivity index (χ0n) is 16.0. The second-order valence-corrected chi connectivity index (χ2v) is 7.00. The summed E-state index contributed by atoms with van der Waals surface area (Å²) in [6.07, 6.45) is -0.290. The summed E-state index contributed by atoms with van der Waals surface area (Å²) in [6.45, 7) is 3.14. The standard InChI is InChI=1S/C20H30O7/c1-3-4-5-6-11-24-14-9-7-13(8-10-14)19-25-12-15-18(27-19)16(21)17(22)20(23-2)26-15/h7-10,15-22H,3-6,11-12H2,1-2H3/t15-,16-,17+,18-,19?,20+/m1/s1. The number of methoxy groups -OCH3 is 1. The van der Waals surface area contributed by atoms with Crippen LogP contribution in [0.4, 0.5) is 0 Å². The largest absolute Gasteiger partial charge is 0.494 e. The van der Waals surface area contributed by atoms with Crippen molar-refractivity contribution < 1.29 is 33.9 Å². The number of hydrogen-bond donors (Lipinski definition) is 2. The van der Waals surface area contributed by atoms with Crippen LogP contribution in [0, 0.1) is 0 Å². The van der Waals surface area contributed by atoms with Crippen molar-refractivity contribution >= 4 is 0 Å². The summed E-state index contributed by atoms with van der Waals surface area (Å²) in [5.74, 6) is 0.809. The highest BCUT2D eigenvalue weighted by atomic mass is 16.7. The van der Waals surface area contributed by atoms with Gasteiger partial charge in [-0.1, -0.05) is 38.3 Å². The van der Waals surface area contributed by atoms with E-state index in [4.69, 9.17) is 23.7 Å². The molecule has 2 aliphatic heterocycles. The van der Waals surface area contributed by atoms with Crippen LogP contribution in [-0.2, 0) is 18.9 Å². The van der Waals surface area contributed by atoms with Crippen molar-refractivity contribution in [2.24, 2.45) is 0 Å². The summed E-state index contributed by atoms with van der Waals surface area (Å²) in [5.41, 5.74) is 0.822. The van der Waals surface area contributed by atoms with Gasteiger partial charge >= 0.3 is 0 Å². The molecule has 27 heavy (non-hydrogen) atoms. The first-order chi connectivity index (χ1) is 13.1. The fourth-order valence-electron chi connectivity index (χ4n) is 3.38. The van der Waals surface area contributed by atoms with E-state index in [1.54, 1.807) is 0 Å². The van der Waals surface area contributed by atoms with Crippen molar-refractivity contribution in [3.63, 3.8) is 0 Å². The van der Waals surface area contributed by atoms with Gasteiger partial charge in [-0.2, -0.15) is 0 Å². The number of rotatable bonds is 8. The van der Waals surface area contributed by atoms with Gasteiger partial charge < -0.3 is 33.9 Å². The molecule has 3 rings (SSSR count). The lowest BCUT2D eigenvalue weighted by molar-refractivity contribution is -0.358. The Balaban J connectivity index is 1.54. The van der Waals surface area contributed by atoms with Crippen LogP contribution in [0.25, 0.3) is 0 Å². The fraction of sp³-hybridized carbons (Fsp3) is 0.700. The number of aliphatic hydroxyl groups excluding tert-OH is 2. The van der Waals surface area contributed by atoms with Gasteiger partial charge in [-0.05, 0) is 18.6 Å². The van der Waals surface area contributed by atoms with Gasteiger partial charge in [0, 0.05) is 12.7 Å². The van der Waals surface area contributed by atoms with Crippen LogP contribution in [0.3, 0.4) is 0 Å². The van der Waals surface area contributed by atoms with Crippen LogP contribution in [0.1, 0.15) is 44.5 Å². The molecule has 2 saturated heterocycles.